The fourth-order valence-corrected chi connectivity index (χ4v) is 2.88. The number of nitrogens with one attached hydrogen (secondary N) is 1. The first-order valence-electron chi connectivity index (χ1n) is 6.74. The molecule has 2 aliphatic carbocycles. The predicted molar refractivity (Wildman–Crippen MR) is 67.8 cm³/mol. The van der Waals surface area contributed by atoms with Gasteiger partial charge in [-0.2, -0.15) is 5.26 Å². The molecule has 100 valence electrons. The minimum absolute atomic E-state index is 0.221. The fourth-order valence-electron chi connectivity index (χ4n) is 2.88. The van der Waals surface area contributed by atoms with Crippen molar-refractivity contribution < 1.29 is 9.53 Å². The van der Waals surface area contributed by atoms with Gasteiger partial charge in [0, 0.05) is 12.0 Å². The number of carbonyl (C=O) groups excluding carboxylic acids is 1. The lowest BCUT2D eigenvalue weighted by Gasteiger charge is -2.26. The van der Waals surface area contributed by atoms with E-state index in [2.05, 4.69) is 11.4 Å². The maximum atomic E-state index is 11.7. The normalized spacial score (nSPS) is 34.8. The lowest BCUT2D eigenvalue weighted by molar-refractivity contribution is 0.0512. The summed E-state index contributed by atoms with van der Waals surface area (Å²) in [6.45, 7) is 5.61. The molecule has 0 heterocycles. The Labute approximate surface area is 109 Å². The SMILES string of the molecule is CC(C)(C)OC(=O)NC1CC12CCC(C#N)CC2. The lowest BCUT2D eigenvalue weighted by atomic mass is 9.80. The lowest BCUT2D eigenvalue weighted by Crippen LogP contribution is -2.36. The van der Waals surface area contributed by atoms with Crippen molar-refractivity contribution in [3.05, 3.63) is 0 Å². The average molecular weight is 250 g/mol. The number of hydrogen-bond acceptors (Lipinski definition) is 3. The van der Waals surface area contributed by atoms with Crippen LogP contribution in [0.15, 0.2) is 0 Å². The van der Waals surface area contributed by atoms with Crippen LogP contribution in [-0.4, -0.2) is 17.7 Å². The van der Waals surface area contributed by atoms with E-state index in [1.807, 2.05) is 20.8 Å². The maximum Gasteiger partial charge on any atom is 0.407 e. The molecule has 0 aromatic rings. The van der Waals surface area contributed by atoms with Gasteiger partial charge in [-0.15, -0.1) is 0 Å². The largest absolute Gasteiger partial charge is 0.444 e. The molecule has 1 atom stereocenters. The fraction of sp³-hybridized carbons (Fsp3) is 0.857. The molecule has 0 saturated heterocycles. The molecule has 1 N–H and O–H groups in total. The van der Waals surface area contributed by atoms with Gasteiger partial charge in [-0.1, -0.05) is 0 Å². The molecule has 1 amide bonds. The number of ether oxygens (including phenoxy) is 1. The summed E-state index contributed by atoms with van der Waals surface area (Å²) >= 11 is 0. The zero-order chi connectivity index (χ0) is 13.4. The number of amides is 1. The molecule has 0 aromatic carbocycles. The molecule has 4 heteroatoms. The summed E-state index contributed by atoms with van der Waals surface area (Å²) in [7, 11) is 0. The van der Waals surface area contributed by atoms with Crippen LogP contribution in [0.3, 0.4) is 0 Å². The number of rotatable bonds is 1. The van der Waals surface area contributed by atoms with Crippen molar-refractivity contribution in [1.29, 1.82) is 5.26 Å². The molecule has 2 rings (SSSR count). The summed E-state index contributed by atoms with van der Waals surface area (Å²) in [5.41, 5.74) is -0.172. The molecule has 4 nitrogen and oxygen atoms in total. The molecule has 2 aliphatic rings. The molecule has 0 bridgehead atoms. The van der Waals surface area contributed by atoms with Crippen LogP contribution in [0.5, 0.6) is 0 Å². The van der Waals surface area contributed by atoms with Gasteiger partial charge in [0.2, 0.25) is 0 Å². The van der Waals surface area contributed by atoms with E-state index in [1.165, 1.54) is 0 Å². The van der Waals surface area contributed by atoms with Crippen molar-refractivity contribution >= 4 is 6.09 Å². The van der Waals surface area contributed by atoms with Crippen LogP contribution >= 0.6 is 0 Å². The Morgan fingerprint density at radius 2 is 2.00 bits per heavy atom. The number of carbonyl (C=O) groups is 1. The number of alkyl carbamates (subject to hydrolysis) is 1. The molecule has 0 aliphatic heterocycles. The van der Waals surface area contributed by atoms with Crippen LogP contribution in [0, 0.1) is 22.7 Å². The van der Waals surface area contributed by atoms with Crippen molar-refractivity contribution in [2.24, 2.45) is 11.3 Å². The van der Waals surface area contributed by atoms with E-state index in [9.17, 15) is 4.79 Å². The van der Waals surface area contributed by atoms with Crippen LogP contribution in [0.1, 0.15) is 52.9 Å². The number of nitriles is 1. The van der Waals surface area contributed by atoms with E-state index in [0.717, 1.165) is 32.1 Å². The van der Waals surface area contributed by atoms with Crippen molar-refractivity contribution in [2.75, 3.05) is 0 Å². The van der Waals surface area contributed by atoms with Crippen molar-refractivity contribution in [3.63, 3.8) is 0 Å². The third-order valence-corrected chi connectivity index (χ3v) is 4.04. The van der Waals surface area contributed by atoms with Gasteiger partial charge in [0.15, 0.2) is 0 Å². The summed E-state index contributed by atoms with van der Waals surface area (Å²) in [4.78, 5) is 11.7. The highest BCUT2D eigenvalue weighted by Crippen LogP contribution is 2.57. The third kappa shape index (κ3) is 2.95. The maximum absolute atomic E-state index is 11.7. The van der Waals surface area contributed by atoms with Crippen LogP contribution in [0.25, 0.3) is 0 Å². The topological polar surface area (TPSA) is 62.1 Å². The summed E-state index contributed by atoms with van der Waals surface area (Å²) in [6, 6.07) is 2.60. The van der Waals surface area contributed by atoms with Gasteiger partial charge in [0.25, 0.3) is 0 Å². The molecule has 0 aromatic heterocycles. The highest BCUT2D eigenvalue weighted by molar-refractivity contribution is 5.68. The Kier molecular flexibility index (Phi) is 3.27. The second-order valence-electron chi connectivity index (χ2n) is 6.67. The molecular weight excluding hydrogens is 228 g/mol. The quantitative estimate of drug-likeness (QED) is 0.778. The molecule has 1 spiro atoms. The highest BCUT2D eigenvalue weighted by atomic mass is 16.6. The Morgan fingerprint density at radius 3 is 2.50 bits per heavy atom. The Morgan fingerprint density at radius 1 is 1.39 bits per heavy atom. The van der Waals surface area contributed by atoms with Crippen LogP contribution in [0.2, 0.25) is 0 Å². The Hall–Kier alpha value is -1.24. The summed E-state index contributed by atoms with van der Waals surface area (Å²) in [5, 5.41) is 11.8. The van der Waals surface area contributed by atoms with E-state index < -0.39 is 5.60 Å². The van der Waals surface area contributed by atoms with E-state index in [1.54, 1.807) is 0 Å². The summed E-state index contributed by atoms with van der Waals surface area (Å²) in [6.07, 6.45) is 4.81. The average Bonchev–Trinajstić information content (AvgIpc) is 2.89. The van der Waals surface area contributed by atoms with E-state index in [0.29, 0.717) is 0 Å². The Balaban J connectivity index is 1.78. The molecule has 2 fully saturated rings. The first kappa shape index (κ1) is 13.2. The predicted octanol–water partition coefficient (Wildman–Crippen LogP) is 2.98. The molecular formula is C14H22N2O2. The number of hydrogen-bond donors (Lipinski definition) is 1. The zero-order valence-corrected chi connectivity index (χ0v) is 11.5. The Bertz CT molecular complexity index is 370. The van der Waals surface area contributed by atoms with E-state index in [-0.39, 0.29) is 23.5 Å². The summed E-state index contributed by atoms with van der Waals surface area (Å²) in [5.74, 6) is 0.221. The van der Waals surface area contributed by atoms with Gasteiger partial charge in [0.05, 0.1) is 6.07 Å². The smallest absolute Gasteiger partial charge is 0.407 e. The van der Waals surface area contributed by atoms with E-state index in [4.69, 9.17) is 10.00 Å². The standard InChI is InChI=1S/C14H22N2O2/c1-13(2,3)18-12(17)16-11-8-14(11)6-4-10(9-15)5-7-14/h10-11H,4-8H2,1-3H3,(H,16,17). The first-order chi connectivity index (χ1) is 8.35. The van der Waals surface area contributed by atoms with Crippen molar-refractivity contribution in [2.45, 2.75) is 64.5 Å². The minimum atomic E-state index is -0.440. The monoisotopic (exact) mass is 250 g/mol. The van der Waals surface area contributed by atoms with Crippen LogP contribution in [0.4, 0.5) is 4.79 Å². The van der Waals surface area contributed by atoms with Gasteiger partial charge in [-0.3, -0.25) is 0 Å². The summed E-state index contributed by atoms with van der Waals surface area (Å²) < 4.78 is 5.26. The highest BCUT2D eigenvalue weighted by Gasteiger charge is 2.56. The van der Waals surface area contributed by atoms with Gasteiger partial charge < -0.3 is 10.1 Å². The van der Waals surface area contributed by atoms with Gasteiger partial charge in [-0.25, -0.2) is 4.79 Å². The van der Waals surface area contributed by atoms with Gasteiger partial charge in [0.1, 0.15) is 5.60 Å². The van der Waals surface area contributed by atoms with Crippen LogP contribution in [-0.2, 0) is 4.74 Å². The minimum Gasteiger partial charge on any atom is -0.444 e. The second kappa shape index (κ2) is 4.46. The van der Waals surface area contributed by atoms with Crippen molar-refractivity contribution in [3.8, 4) is 6.07 Å². The zero-order valence-electron chi connectivity index (χ0n) is 11.5. The third-order valence-electron chi connectivity index (χ3n) is 4.04. The van der Waals surface area contributed by atoms with E-state index >= 15 is 0 Å². The second-order valence-corrected chi connectivity index (χ2v) is 6.67. The molecule has 0 radical (unpaired) electrons. The molecule has 1 unspecified atom stereocenters. The van der Waals surface area contributed by atoms with Gasteiger partial charge in [-0.05, 0) is 58.3 Å². The molecule has 18 heavy (non-hydrogen) atoms. The molecule has 2 saturated carbocycles. The van der Waals surface area contributed by atoms with Crippen LogP contribution < -0.4 is 5.32 Å². The van der Waals surface area contributed by atoms with Gasteiger partial charge >= 0.3 is 6.09 Å². The van der Waals surface area contributed by atoms with Crippen molar-refractivity contribution in [1.82, 2.24) is 5.32 Å². The number of nitrogens with zero attached hydrogens (tertiary/aromatic N) is 1. The first-order valence-corrected chi connectivity index (χ1v) is 6.74.